The number of carbonyl (C=O) groups excluding carboxylic acids is 1. The van der Waals surface area contributed by atoms with E-state index in [9.17, 15) is 23.1 Å². The number of nitrogens with zero attached hydrogens (tertiary/aromatic N) is 2. The van der Waals surface area contributed by atoms with E-state index in [-0.39, 0.29) is 17.9 Å². The van der Waals surface area contributed by atoms with Crippen LogP contribution in [0.15, 0.2) is 18.3 Å². The Labute approximate surface area is 177 Å². The van der Waals surface area contributed by atoms with Crippen molar-refractivity contribution < 1.29 is 27.8 Å². The number of pyridine rings is 1. The summed E-state index contributed by atoms with van der Waals surface area (Å²) in [5.41, 5.74) is 0.138. The van der Waals surface area contributed by atoms with Gasteiger partial charge in [0.1, 0.15) is 0 Å². The summed E-state index contributed by atoms with van der Waals surface area (Å²) in [6, 6.07) is 2.90. The first-order chi connectivity index (χ1) is 14.1. The first-order valence-corrected chi connectivity index (χ1v) is 10.8. The van der Waals surface area contributed by atoms with Gasteiger partial charge in [0.15, 0.2) is 6.10 Å². The summed E-state index contributed by atoms with van der Waals surface area (Å²) in [6.45, 7) is 9.72. The van der Waals surface area contributed by atoms with Crippen LogP contribution < -0.4 is 9.64 Å². The third-order valence-corrected chi connectivity index (χ3v) is 5.22. The fraction of sp³-hybridized carbons (Fsp3) is 0.727. The Morgan fingerprint density at radius 3 is 2.27 bits per heavy atom. The van der Waals surface area contributed by atoms with E-state index in [0.717, 1.165) is 13.3 Å². The minimum atomic E-state index is -4.46. The topological polar surface area (TPSA) is 62.7 Å². The van der Waals surface area contributed by atoms with Crippen LogP contribution in [0, 0.1) is 5.41 Å². The lowest BCUT2D eigenvalue weighted by Gasteiger charge is -2.33. The summed E-state index contributed by atoms with van der Waals surface area (Å²) >= 11 is 0. The van der Waals surface area contributed by atoms with Crippen LogP contribution in [0.25, 0.3) is 0 Å². The van der Waals surface area contributed by atoms with Crippen LogP contribution in [-0.4, -0.2) is 40.9 Å². The molecule has 1 saturated carbocycles. The molecule has 1 saturated heterocycles. The molecule has 1 aromatic rings. The lowest BCUT2D eigenvalue weighted by atomic mass is 9.72. The number of ether oxygens (including phenoxy) is 1. The number of amides is 1. The molecule has 5 nitrogen and oxygen atoms in total. The van der Waals surface area contributed by atoms with Gasteiger partial charge in [-0.15, -0.1) is 0 Å². The lowest BCUT2D eigenvalue weighted by Crippen LogP contribution is -2.38. The summed E-state index contributed by atoms with van der Waals surface area (Å²) in [4.78, 5) is 18.3. The Balaban J connectivity index is 0.000000826. The standard InChI is InChI=1S/C17H21F3N2O3.C3H8.C2H6/c1-11(17(18,19)20)25-14-3-2-12(10-21-14)22-9-8-16(15(22)24)6-4-13(23)5-7-16;1-3-2;1-2/h2-3,10-11,13,23H,4-9H2,1H3;3H2,1-2H3;1-2H3/t11-,13?,16?;;/m0../s1. The zero-order valence-electron chi connectivity index (χ0n) is 18.6. The maximum atomic E-state index is 12.8. The molecule has 1 aromatic heterocycles. The molecule has 8 heteroatoms. The molecular formula is C22H35F3N2O3. The average Bonchev–Trinajstić information content (AvgIpc) is 3.03. The average molecular weight is 433 g/mol. The predicted octanol–water partition coefficient (Wildman–Crippen LogP) is 5.51. The van der Waals surface area contributed by atoms with E-state index in [1.807, 2.05) is 13.8 Å². The number of aliphatic hydroxyl groups excluding tert-OH is 1. The molecule has 0 unspecified atom stereocenters. The molecule has 2 heterocycles. The number of hydrogen-bond donors (Lipinski definition) is 1. The minimum Gasteiger partial charge on any atom is -0.465 e. The van der Waals surface area contributed by atoms with Crippen molar-refractivity contribution in [2.24, 2.45) is 5.41 Å². The summed E-state index contributed by atoms with van der Waals surface area (Å²) < 4.78 is 42.3. The normalized spacial score (nSPS) is 24.5. The minimum absolute atomic E-state index is 0.0125. The molecule has 1 amide bonds. The summed E-state index contributed by atoms with van der Waals surface area (Å²) in [7, 11) is 0. The van der Waals surface area contributed by atoms with Gasteiger partial charge in [0, 0.05) is 12.6 Å². The first-order valence-electron chi connectivity index (χ1n) is 10.8. The van der Waals surface area contributed by atoms with Crippen LogP contribution in [0.5, 0.6) is 5.88 Å². The van der Waals surface area contributed by atoms with E-state index in [4.69, 9.17) is 4.74 Å². The zero-order chi connectivity index (χ0) is 22.9. The van der Waals surface area contributed by atoms with Crippen LogP contribution in [0.4, 0.5) is 18.9 Å². The Morgan fingerprint density at radius 1 is 1.23 bits per heavy atom. The van der Waals surface area contributed by atoms with E-state index in [1.54, 1.807) is 11.0 Å². The number of aliphatic hydroxyl groups is 1. The van der Waals surface area contributed by atoms with Gasteiger partial charge in [-0.25, -0.2) is 4.98 Å². The third-order valence-electron chi connectivity index (χ3n) is 5.22. The Morgan fingerprint density at radius 2 is 1.80 bits per heavy atom. The third kappa shape index (κ3) is 6.59. The van der Waals surface area contributed by atoms with Crippen molar-refractivity contribution in [3.05, 3.63) is 18.3 Å². The molecule has 1 aliphatic carbocycles. The van der Waals surface area contributed by atoms with Crippen LogP contribution >= 0.6 is 0 Å². The van der Waals surface area contributed by atoms with Crippen LogP contribution in [0.2, 0.25) is 0 Å². The van der Waals surface area contributed by atoms with Gasteiger partial charge in [-0.3, -0.25) is 4.79 Å². The van der Waals surface area contributed by atoms with E-state index in [0.29, 0.717) is 37.9 Å². The Kier molecular flexibility index (Phi) is 10.1. The van der Waals surface area contributed by atoms with Crippen molar-refractivity contribution >= 4 is 11.6 Å². The smallest absolute Gasteiger partial charge is 0.425 e. The zero-order valence-corrected chi connectivity index (χ0v) is 18.6. The van der Waals surface area contributed by atoms with Crippen molar-refractivity contribution in [3.63, 3.8) is 0 Å². The highest BCUT2D eigenvalue weighted by Gasteiger charge is 2.48. The highest BCUT2D eigenvalue weighted by atomic mass is 19.4. The van der Waals surface area contributed by atoms with Gasteiger partial charge in [0.05, 0.1) is 23.4 Å². The number of halogens is 3. The van der Waals surface area contributed by atoms with E-state index in [2.05, 4.69) is 18.8 Å². The molecular weight excluding hydrogens is 397 g/mol. The quantitative estimate of drug-likeness (QED) is 0.684. The molecule has 2 aliphatic rings. The molecule has 1 N–H and O–H groups in total. The first kappa shape index (κ1) is 26.2. The van der Waals surface area contributed by atoms with Gasteiger partial charge in [0.2, 0.25) is 11.8 Å². The molecule has 1 atom stereocenters. The molecule has 30 heavy (non-hydrogen) atoms. The van der Waals surface area contributed by atoms with Crippen molar-refractivity contribution in [3.8, 4) is 5.88 Å². The molecule has 0 bridgehead atoms. The van der Waals surface area contributed by atoms with Crippen molar-refractivity contribution in [2.45, 2.75) is 91.5 Å². The van der Waals surface area contributed by atoms with Gasteiger partial charge in [0.25, 0.3) is 0 Å². The van der Waals surface area contributed by atoms with E-state index >= 15 is 0 Å². The van der Waals surface area contributed by atoms with Gasteiger partial charge in [-0.1, -0.05) is 34.1 Å². The number of carbonyl (C=O) groups is 1. The predicted molar refractivity (Wildman–Crippen MR) is 112 cm³/mol. The number of aromatic nitrogens is 1. The van der Waals surface area contributed by atoms with Crippen molar-refractivity contribution in [2.75, 3.05) is 11.4 Å². The van der Waals surface area contributed by atoms with Crippen LogP contribution in [-0.2, 0) is 4.79 Å². The number of hydrogen-bond acceptors (Lipinski definition) is 4. The fourth-order valence-corrected chi connectivity index (χ4v) is 3.54. The van der Waals surface area contributed by atoms with E-state index in [1.165, 1.54) is 18.7 Å². The van der Waals surface area contributed by atoms with Crippen LogP contribution in [0.1, 0.15) is 73.1 Å². The molecule has 2 fully saturated rings. The van der Waals surface area contributed by atoms with Crippen molar-refractivity contribution in [1.82, 2.24) is 4.98 Å². The highest BCUT2D eigenvalue weighted by Crippen LogP contribution is 2.46. The second-order valence-electron chi connectivity index (χ2n) is 7.58. The summed E-state index contributed by atoms with van der Waals surface area (Å²) in [5, 5.41) is 9.65. The molecule has 0 radical (unpaired) electrons. The number of alkyl halides is 3. The number of anilines is 1. The van der Waals surface area contributed by atoms with Gasteiger partial charge >= 0.3 is 6.18 Å². The van der Waals surface area contributed by atoms with Gasteiger partial charge < -0.3 is 14.7 Å². The second kappa shape index (κ2) is 11.5. The highest BCUT2D eigenvalue weighted by molar-refractivity contribution is 5.99. The fourth-order valence-electron chi connectivity index (χ4n) is 3.54. The molecule has 172 valence electrons. The Hall–Kier alpha value is -1.83. The molecule has 1 spiro atoms. The van der Waals surface area contributed by atoms with Gasteiger partial charge in [-0.2, -0.15) is 13.2 Å². The molecule has 3 rings (SSSR count). The van der Waals surface area contributed by atoms with Crippen LogP contribution in [0.3, 0.4) is 0 Å². The van der Waals surface area contributed by atoms with Crippen molar-refractivity contribution in [1.29, 1.82) is 0 Å². The largest absolute Gasteiger partial charge is 0.465 e. The lowest BCUT2D eigenvalue weighted by molar-refractivity contribution is -0.189. The maximum absolute atomic E-state index is 12.8. The molecule has 0 aromatic carbocycles. The summed E-state index contributed by atoms with van der Waals surface area (Å²) in [6.07, 6.45) is -0.808. The van der Waals surface area contributed by atoms with E-state index < -0.39 is 17.7 Å². The Bertz CT molecular complexity index is 642. The van der Waals surface area contributed by atoms with Gasteiger partial charge in [-0.05, 0) is 45.1 Å². The number of rotatable bonds is 3. The maximum Gasteiger partial charge on any atom is 0.425 e. The second-order valence-corrected chi connectivity index (χ2v) is 7.58. The monoisotopic (exact) mass is 432 g/mol. The summed E-state index contributed by atoms with van der Waals surface area (Å²) in [5.74, 6) is -0.116. The molecule has 1 aliphatic heterocycles. The SMILES string of the molecule is CC.CCC.C[C@H](Oc1ccc(N2CCC3(CCC(O)CC3)C2=O)cn1)C(F)(F)F.